The van der Waals surface area contributed by atoms with Crippen LogP contribution >= 0.6 is 15.9 Å². The number of carbonyl (C=O) groups excluding carboxylic acids is 1. The average Bonchev–Trinajstić information content (AvgIpc) is 3.11. The van der Waals surface area contributed by atoms with Crippen LogP contribution in [0.5, 0.6) is 0 Å². The third-order valence-corrected chi connectivity index (χ3v) is 5.61. The lowest BCUT2D eigenvalue weighted by Crippen LogP contribution is -2.29. The van der Waals surface area contributed by atoms with Crippen molar-refractivity contribution in [3.8, 4) is 0 Å². The minimum absolute atomic E-state index is 0.0358. The van der Waals surface area contributed by atoms with Gasteiger partial charge < -0.3 is 10.6 Å². The van der Waals surface area contributed by atoms with Crippen LogP contribution in [-0.2, 0) is 0 Å². The van der Waals surface area contributed by atoms with Crippen molar-refractivity contribution in [2.75, 3.05) is 12.4 Å². The van der Waals surface area contributed by atoms with Gasteiger partial charge in [0.15, 0.2) is 0 Å². The molecule has 4 heteroatoms. The van der Waals surface area contributed by atoms with Crippen molar-refractivity contribution in [1.82, 2.24) is 5.32 Å². The minimum Gasteiger partial charge on any atom is -0.378 e. The second-order valence-electron chi connectivity index (χ2n) is 6.41. The Labute approximate surface area is 150 Å². The van der Waals surface area contributed by atoms with Crippen molar-refractivity contribution < 1.29 is 4.79 Å². The highest BCUT2D eigenvalue weighted by Gasteiger charge is 2.38. The van der Waals surface area contributed by atoms with Crippen molar-refractivity contribution in [3.63, 3.8) is 0 Å². The molecular formula is C20H19BrN2O. The van der Waals surface area contributed by atoms with Crippen LogP contribution in [0.2, 0.25) is 0 Å². The van der Waals surface area contributed by atoms with E-state index in [0.717, 1.165) is 22.1 Å². The third kappa shape index (κ3) is 2.55. The number of allylic oxidation sites excluding steroid dienone is 2. The first-order valence-corrected chi connectivity index (χ1v) is 9.01. The Hall–Kier alpha value is -2.07. The number of amides is 1. The Morgan fingerprint density at radius 2 is 2.00 bits per heavy atom. The van der Waals surface area contributed by atoms with E-state index in [2.05, 4.69) is 63.0 Å². The van der Waals surface area contributed by atoms with Crippen LogP contribution in [0.15, 0.2) is 59.1 Å². The molecule has 0 saturated heterocycles. The maximum Gasteiger partial charge on any atom is 0.251 e. The zero-order valence-corrected chi connectivity index (χ0v) is 15.0. The summed E-state index contributed by atoms with van der Waals surface area (Å²) < 4.78 is 1.10. The number of hydrogen-bond donors (Lipinski definition) is 2. The van der Waals surface area contributed by atoms with Gasteiger partial charge in [-0.3, -0.25) is 4.79 Å². The van der Waals surface area contributed by atoms with Crippen molar-refractivity contribution in [3.05, 3.63) is 75.8 Å². The largest absolute Gasteiger partial charge is 0.378 e. The lowest BCUT2D eigenvalue weighted by molar-refractivity contribution is 0.0963. The number of rotatable bonds is 2. The second kappa shape index (κ2) is 6.10. The second-order valence-corrected chi connectivity index (χ2v) is 7.32. The van der Waals surface area contributed by atoms with Crippen molar-refractivity contribution in [2.45, 2.75) is 18.4 Å². The van der Waals surface area contributed by atoms with Crippen LogP contribution in [0.1, 0.15) is 39.9 Å². The maximum atomic E-state index is 12.0. The molecule has 2 aromatic rings. The number of anilines is 1. The van der Waals surface area contributed by atoms with E-state index in [1.165, 1.54) is 11.1 Å². The average molecular weight is 383 g/mol. The number of halogens is 1. The molecule has 4 rings (SSSR count). The van der Waals surface area contributed by atoms with Gasteiger partial charge >= 0.3 is 0 Å². The van der Waals surface area contributed by atoms with Gasteiger partial charge in [-0.25, -0.2) is 0 Å². The summed E-state index contributed by atoms with van der Waals surface area (Å²) >= 11 is 3.51. The molecule has 0 saturated carbocycles. The topological polar surface area (TPSA) is 41.1 Å². The summed E-state index contributed by atoms with van der Waals surface area (Å²) in [5.41, 5.74) is 4.38. The fourth-order valence-corrected chi connectivity index (χ4v) is 4.14. The summed E-state index contributed by atoms with van der Waals surface area (Å²) in [5, 5.41) is 6.41. The van der Waals surface area contributed by atoms with E-state index in [4.69, 9.17) is 0 Å². The number of carbonyl (C=O) groups is 1. The Morgan fingerprint density at radius 1 is 1.21 bits per heavy atom. The Balaban J connectivity index is 1.74. The van der Waals surface area contributed by atoms with Gasteiger partial charge in [0, 0.05) is 28.7 Å². The lowest BCUT2D eigenvalue weighted by Gasteiger charge is -2.37. The molecule has 3 nitrogen and oxygen atoms in total. The lowest BCUT2D eigenvalue weighted by atomic mass is 9.76. The molecule has 1 aliphatic carbocycles. The number of fused-ring (bicyclic) bond motifs is 3. The molecule has 0 spiro atoms. The summed E-state index contributed by atoms with van der Waals surface area (Å²) in [4.78, 5) is 12.0. The zero-order chi connectivity index (χ0) is 16.7. The van der Waals surface area contributed by atoms with Gasteiger partial charge in [-0.2, -0.15) is 0 Å². The van der Waals surface area contributed by atoms with E-state index in [-0.39, 0.29) is 11.9 Å². The molecule has 122 valence electrons. The fraction of sp³-hybridized carbons (Fsp3) is 0.250. The molecule has 0 bridgehead atoms. The highest BCUT2D eigenvalue weighted by atomic mass is 79.9. The van der Waals surface area contributed by atoms with Crippen LogP contribution in [0, 0.1) is 5.92 Å². The van der Waals surface area contributed by atoms with E-state index in [1.54, 1.807) is 7.05 Å². The molecule has 2 aliphatic rings. The molecule has 2 aromatic carbocycles. The normalized spacial score (nSPS) is 24.0. The predicted octanol–water partition coefficient (Wildman–Crippen LogP) is 4.64. The zero-order valence-electron chi connectivity index (χ0n) is 13.4. The van der Waals surface area contributed by atoms with Crippen molar-refractivity contribution in [1.29, 1.82) is 0 Å². The first kappa shape index (κ1) is 15.5. The smallest absolute Gasteiger partial charge is 0.251 e. The van der Waals surface area contributed by atoms with Gasteiger partial charge in [-0.1, -0.05) is 40.2 Å². The fourth-order valence-electron chi connectivity index (χ4n) is 3.88. The van der Waals surface area contributed by atoms with Crippen LogP contribution in [-0.4, -0.2) is 13.0 Å². The predicted molar refractivity (Wildman–Crippen MR) is 100 cm³/mol. The molecule has 1 aliphatic heterocycles. The van der Waals surface area contributed by atoms with E-state index in [1.807, 2.05) is 18.2 Å². The van der Waals surface area contributed by atoms with E-state index < -0.39 is 0 Å². The molecule has 0 fully saturated rings. The molecule has 0 radical (unpaired) electrons. The summed E-state index contributed by atoms with van der Waals surface area (Å²) in [6, 6.07) is 14.8. The number of benzene rings is 2. The standard InChI is InChI=1S/C20H19BrN2O/c1-22-20(24)13-7-10-18-17(11-13)15-3-2-4-16(15)19(23-18)12-5-8-14(21)9-6-12/h2-3,5-11,15-16,19,23H,4H2,1H3,(H,22,24)/t15-,16+,19-/m1/s1. The quantitative estimate of drug-likeness (QED) is 0.743. The highest BCUT2D eigenvalue weighted by molar-refractivity contribution is 9.10. The van der Waals surface area contributed by atoms with Gasteiger partial charge in [0.2, 0.25) is 0 Å². The molecule has 1 heterocycles. The van der Waals surface area contributed by atoms with Crippen LogP contribution in [0.4, 0.5) is 5.69 Å². The molecule has 24 heavy (non-hydrogen) atoms. The highest BCUT2D eigenvalue weighted by Crippen LogP contribution is 2.49. The van der Waals surface area contributed by atoms with E-state index in [9.17, 15) is 4.79 Å². The van der Waals surface area contributed by atoms with E-state index >= 15 is 0 Å². The van der Waals surface area contributed by atoms with Gasteiger partial charge in [-0.05, 0) is 53.8 Å². The SMILES string of the molecule is CNC(=O)c1ccc2c(c1)[C@@H]1C=CC[C@@H]1[C@@H](c1ccc(Br)cc1)N2. The Kier molecular flexibility index (Phi) is 3.93. The number of hydrogen-bond acceptors (Lipinski definition) is 2. The molecule has 0 unspecified atom stereocenters. The third-order valence-electron chi connectivity index (χ3n) is 5.08. The first-order valence-electron chi connectivity index (χ1n) is 8.22. The van der Waals surface area contributed by atoms with Crippen LogP contribution < -0.4 is 10.6 Å². The summed E-state index contributed by atoms with van der Waals surface area (Å²) in [5.74, 6) is 0.810. The van der Waals surface area contributed by atoms with Crippen molar-refractivity contribution in [2.24, 2.45) is 5.92 Å². The molecule has 1 amide bonds. The monoisotopic (exact) mass is 382 g/mol. The summed E-state index contributed by atoms with van der Waals surface area (Å²) in [6.07, 6.45) is 5.62. The summed E-state index contributed by atoms with van der Waals surface area (Å²) in [7, 11) is 1.67. The molecular weight excluding hydrogens is 364 g/mol. The summed E-state index contributed by atoms with van der Waals surface area (Å²) in [6.45, 7) is 0. The van der Waals surface area contributed by atoms with Gasteiger partial charge in [-0.15, -0.1) is 0 Å². The minimum atomic E-state index is -0.0358. The van der Waals surface area contributed by atoms with Crippen molar-refractivity contribution >= 4 is 27.5 Å². The molecule has 2 N–H and O–H groups in total. The van der Waals surface area contributed by atoms with E-state index in [0.29, 0.717) is 11.8 Å². The van der Waals surface area contributed by atoms with Crippen LogP contribution in [0.25, 0.3) is 0 Å². The molecule has 3 atom stereocenters. The number of nitrogens with one attached hydrogen (secondary N) is 2. The Morgan fingerprint density at radius 3 is 2.75 bits per heavy atom. The Bertz CT molecular complexity index is 813. The molecule has 0 aromatic heterocycles. The van der Waals surface area contributed by atoms with Gasteiger partial charge in [0.05, 0.1) is 6.04 Å². The van der Waals surface area contributed by atoms with Crippen LogP contribution in [0.3, 0.4) is 0 Å². The van der Waals surface area contributed by atoms with Gasteiger partial charge in [0.25, 0.3) is 5.91 Å². The first-order chi connectivity index (χ1) is 11.7. The van der Waals surface area contributed by atoms with Gasteiger partial charge in [0.1, 0.15) is 0 Å². The maximum absolute atomic E-state index is 12.0.